The largest absolute Gasteiger partial charge is 0.595 e. The van der Waals surface area contributed by atoms with Gasteiger partial charge in [0, 0.05) is 24.6 Å². The molecule has 5 unspecified atom stereocenters. The lowest BCUT2D eigenvalue weighted by atomic mass is 10.0. The van der Waals surface area contributed by atoms with Crippen LogP contribution in [0.2, 0.25) is 0 Å². The summed E-state index contributed by atoms with van der Waals surface area (Å²) in [6.45, 7) is 11.1. The molecule has 39 heavy (non-hydrogen) atoms. The van der Waals surface area contributed by atoms with Crippen molar-refractivity contribution in [3.8, 4) is 11.5 Å². The van der Waals surface area contributed by atoms with E-state index in [2.05, 4.69) is 10.3 Å². The Morgan fingerprint density at radius 2 is 1.77 bits per heavy atom. The van der Waals surface area contributed by atoms with E-state index in [9.17, 15) is 10.2 Å². The minimum absolute atomic E-state index is 0.0884. The van der Waals surface area contributed by atoms with Gasteiger partial charge in [0.25, 0.3) is 0 Å². The Balaban J connectivity index is 1.49. The molecule has 0 spiro atoms. The van der Waals surface area contributed by atoms with Crippen molar-refractivity contribution in [3.05, 3.63) is 60.2 Å². The maximum Gasteiger partial charge on any atom is 0.161 e. The van der Waals surface area contributed by atoms with E-state index >= 15 is 0 Å². The Labute approximate surface area is 232 Å². The molecule has 2 aromatic carbocycles. The van der Waals surface area contributed by atoms with E-state index in [4.69, 9.17) is 23.7 Å². The van der Waals surface area contributed by atoms with Crippen LogP contribution >= 0.6 is 0 Å². The molecule has 3 rings (SSSR count). The zero-order chi connectivity index (χ0) is 28.3. The number of ether oxygens (including phenoxy) is 5. The fraction of sp³-hybridized carbons (Fsp3) is 0.567. The smallest absolute Gasteiger partial charge is 0.161 e. The molecule has 0 aliphatic carbocycles. The summed E-state index contributed by atoms with van der Waals surface area (Å²) in [4.78, 5) is 4.27. The number of aliphatic hydroxyl groups is 1. The summed E-state index contributed by atoms with van der Waals surface area (Å²) >= 11 is 0. The molecule has 5 atom stereocenters. The van der Waals surface area contributed by atoms with Gasteiger partial charge in [0.1, 0.15) is 18.8 Å². The van der Waals surface area contributed by atoms with Gasteiger partial charge >= 0.3 is 0 Å². The van der Waals surface area contributed by atoms with Gasteiger partial charge in [0.2, 0.25) is 0 Å². The first-order valence-corrected chi connectivity index (χ1v) is 13.6. The summed E-state index contributed by atoms with van der Waals surface area (Å²) < 4.78 is 28.8. The van der Waals surface area contributed by atoms with Gasteiger partial charge in [-0.05, 0) is 38.0 Å². The van der Waals surface area contributed by atoms with E-state index < -0.39 is 30.1 Å². The summed E-state index contributed by atoms with van der Waals surface area (Å²) in [7, 11) is 0. The van der Waals surface area contributed by atoms with Gasteiger partial charge < -0.3 is 39.2 Å². The lowest BCUT2D eigenvalue weighted by Crippen LogP contribution is -2.50. The van der Waals surface area contributed by atoms with Gasteiger partial charge in [-0.3, -0.25) is 4.99 Å². The molecule has 1 fully saturated rings. The highest BCUT2D eigenvalue weighted by Gasteiger charge is 2.27. The van der Waals surface area contributed by atoms with Crippen LogP contribution in [0.25, 0.3) is 0 Å². The number of rotatable bonds is 13. The number of morpholine rings is 1. The Morgan fingerprint density at radius 3 is 2.38 bits per heavy atom. The molecule has 216 valence electrons. The lowest BCUT2D eigenvalue weighted by Gasteiger charge is -2.33. The topological polar surface area (TPSA) is 114 Å². The summed E-state index contributed by atoms with van der Waals surface area (Å²) in [6, 6.07) is 16.7. The molecule has 2 N–H and O–H groups in total. The average molecular weight is 544 g/mol. The van der Waals surface area contributed by atoms with Crippen LogP contribution in [0.15, 0.2) is 59.6 Å². The minimum Gasteiger partial charge on any atom is -0.595 e. The first-order chi connectivity index (χ1) is 18.6. The standard InChI is InChI=1S/C30H44N2O7/c1-6-35-26-14-10-11-15-27(26)37-20-24-18-31-23(19-36-24)17-28(33)38-21(2)25(16-22-12-8-7-9-13-22)32-29(34)39-30(3,4)5/h7-15,21,23-25,28,31,33H,6,16-20H2,1-5H3,(H,32,34)/p-1. The van der Waals surface area contributed by atoms with Crippen LogP contribution in [0.3, 0.4) is 0 Å². The Morgan fingerprint density at radius 1 is 1.10 bits per heavy atom. The van der Waals surface area contributed by atoms with Crippen molar-refractivity contribution < 1.29 is 33.9 Å². The Hall–Kier alpha value is -2.85. The zero-order valence-corrected chi connectivity index (χ0v) is 23.7. The normalized spacial score (nSPS) is 20.6. The van der Waals surface area contributed by atoms with Gasteiger partial charge in [-0.15, -0.1) is 0 Å². The predicted octanol–water partition coefficient (Wildman–Crippen LogP) is 3.08. The third-order valence-corrected chi connectivity index (χ3v) is 6.09. The number of nitrogens with zero attached hydrogens (tertiary/aromatic N) is 1. The van der Waals surface area contributed by atoms with Crippen LogP contribution in [0.1, 0.15) is 46.6 Å². The molecule has 2 aromatic rings. The van der Waals surface area contributed by atoms with Gasteiger partial charge in [-0.1, -0.05) is 63.2 Å². The first kappa shape index (κ1) is 30.7. The summed E-state index contributed by atoms with van der Waals surface area (Å²) in [5.74, 6) is 1.39. The van der Waals surface area contributed by atoms with Crippen molar-refractivity contribution in [2.24, 2.45) is 4.99 Å². The fourth-order valence-corrected chi connectivity index (χ4v) is 4.19. The maximum atomic E-state index is 12.4. The van der Waals surface area contributed by atoms with Crippen LogP contribution in [0.5, 0.6) is 11.5 Å². The molecule has 0 bridgehead atoms. The molecule has 1 aliphatic heterocycles. The highest BCUT2D eigenvalue weighted by molar-refractivity contribution is 5.62. The van der Waals surface area contributed by atoms with Crippen LogP contribution in [0, 0.1) is 0 Å². The molecular formula is C30H43N2O7-. The van der Waals surface area contributed by atoms with E-state index in [0.29, 0.717) is 50.7 Å². The molecule has 9 nitrogen and oxygen atoms in total. The molecule has 1 aliphatic rings. The zero-order valence-electron chi connectivity index (χ0n) is 23.7. The third-order valence-electron chi connectivity index (χ3n) is 6.09. The van der Waals surface area contributed by atoms with Crippen molar-refractivity contribution in [1.82, 2.24) is 5.32 Å². The molecule has 1 saturated heterocycles. The summed E-state index contributed by atoms with van der Waals surface area (Å²) in [6.07, 6.45) is -1.55. The fourth-order valence-electron chi connectivity index (χ4n) is 4.19. The Kier molecular flexibility index (Phi) is 11.9. The highest BCUT2D eigenvalue weighted by atomic mass is 16.6. The van der Waals surface area contributed by atoms with E-state index in [1.807, 2.05) is 68.4 Å². The number of para-hydroxylation sites is 2. The number of hydrogen-bond acceptors (Lipinski definition) is 9. The van der Waals surface area contributed by atoms with E-state index in [-0.39, 0.29) is 12.1 Å². The molecule has 9 heteroatoms. The molecule has 1 heterocycles. The number of benzene rings is 2. The van der Waals surface area contributed by atoms with Gasteiger partial charge in [0.15, 0.2) is 17.8 Å². The van der Waals surface area contributed by atoms with E-state index in [1.165, 1.54) is 0 Å². The van der Waals surface area contributed by atoms with Crippen LogP contribution < -0.4 is 19.9 Å². The number of nitrogens with one attached hydrogen (secondary N) is 1. The number of aliphatic hydroxyl groups excluding tert-OH is 1. The second-order valence-corrected chi connectivity index (χ2v) is 10.6. The van der Waals surface area contributed by atoms with E-state index in [1.54, 1.807) is 20.8 Å². The molecule has 0 radical (unpaired) electrons. The van der Waals surface area contributed by atoms with Crippen LogP contribution in [-0.2, 0) is 20.6 Å². The average Bonchev–Trinajstić information content (AvgIpc) is 2.88. The first-order valence-electron chi connectivity index (χ1n) is 13.6. The SMILES string of the molecule is CCOc1ccccc1OCC1CNC(CC(O)OC(C)C(Cc2ccccc2)N=C([O-])OC(C)(C)C)CO1. The lowest BCUT2D eigenvalue weighted by molar-refractivity contribution is -0.261. The minimum atomic E-state index is -1.06. The maximum absolute atomic E-state index is 12.4. The molecule has 0 saturated carbocycles. The van der Waals surface area contributed by atoms with Crippen molar-refractivity contribution in [3.63, 3.8) is 0 Å². The van der Waals surface area contributed by atoms with Crippen LogP contribution in [0.4, 0.5) is 0 Å². The monoisotopic (exact) mass is 543 g/mol. The molecule has 0 amide bonds. The highest BCUT2D eigenvalue weighted by Crippen LogP contribution is 2.26. The van der Waals surface area contributed by atoms with Crippen molar-refractivity contribution in [2.75, 3.05) is 26.4 Å². The number of hydrogen-bond donors (Lipinski definition) is 2. The predicted molar refractivity (Wildman–Crippen MR) is 148 cm³/mol. The van der Waals surface area contributed by atoms with Gasteiger partial charge in [-0.25, -0.2) is 0 Å². The summed E-state index contributed by atoms with van der Waals surface area (Å²) in [5.41, 5.74) is 0.364. The molecular weight excluding hydrogens is 500 g/mol. The third kappa shape index (κ3) is 11.0. The summed E-state index contributed by atoms with van der Waals surface area (Å²) in [5, 5.41) is 26.5. The Bertz CT molecular complexity index is 1000. The van der Waals surface area contributed by atoms with Gasteiger partial charge in [0.05, 0.1) is 25.4 Å². The van der Waals surface area contributed by atoms with Crippen LogP contribution in [-0.4, -0.2) is 73.7 Å². The van der Waals surface area contributed by atoms with Crippen molar-refractivity contribution >= 4 is 6.08 Å². The van der Waals surface area contributed by atoms with Gasteiger partial charge in [-0.2, -0.15) is 0 Å². The van der Waals surface area contributed by atoms with E-state index in [0.717, 1.165) is 5.56 Å². The van der Waals surface area contributed by atoms with Crippen molar-refractivity contribution in [1.29, 1.82) is 0 Å². The number of aliphatic imine (C=N–C) groups is 1. The second-order valence-electron chi connectivity index (χ2n) is 10.6. The molecule has 0 aromatic heterocycles. The second kappa shape index (κ2) is 15.1. The van der Waals surface area contributed by atoms with Crippen molar-refractivity contribution in [2.45, 2.75) is 83.6 Å². The quantitative estimate of drug-likeness (QED) is 0.225.